The minimum atomic E-state index is -1.22. The van der Waals surface area contributed by atoms with Gasteiger partial charge in [-0.25, -0.2) is 18.4 Å². The standard InChI is InChI=1S/C19H22F2N2O3/c1-3-26-18(24)15-11(2)23(12-7-4-5-8-12)19(25)22-17(15)16-13(20)9-6-10-14(16)21/h6,9-10,12,17H,3-5,7-8H2,1-2H3,(H,22,25). The van der Waals surface area contributed by atoms with E-state index >= 15 is 0 Å². The molecule has 0 bridgehead atoms. The third-order valence-corrected chi connectivity index (χ3v) is 5.00. The number of carbonyl (C=O) groups excluding carboxylic acids is 2. The first-order valence-electron chi connectivity index (χ1n) is 8.87. The number of nitrogens with zero attached hydrogens (tertiary/aromatic N) is 1. The largest absolute Gasteiger partial charge is 0.463 e. The molecule has 0 spiro atoms. The van der Waals surface area contributed by atoms with Gasteiger partial charge in [-0.2, -0.15) is 0 Å². The number of esters is 1. The van der Waals surface area contributed by atoms with Crippen molar-refractivity contribution in [3.63, 3.8) is 0 Å². The summed E-state index contributed by atoms with van der Waals surface area (Å²) in [6.45, 7) is 3.41. The van der Waals surface area contributed by atoms with Gasteiger partial charge in [-0.3, -0.25) is 4.90 Å². The van der Waals surface area contributed by atoms with Crippen molar-refractivity contribution in [3.8, 4) is 0 Å². The lowest BCUT2D eigenvalue weighted by Gasteiger charge is -2.38. The normalized spacial score (nSPS) is 21.2. The maximum atomic E-state index is 14.3. The molecule has 1 N–H and O–H groups in total. The number of hydrogen-bond acceptors (Lipinski definition) is 3. The van der Waals surface area contributed by atoms with Crippen LogP contribution in [0, 0.1) is 11.6 Å². The van der Waals surface area contributed by atoms with Crippen LogP contribution in [-0.4, -0.2) is 29.5 Å². The summed E-state index contributed by atoms with van der Waals surface area (Å²) < 4.78 is 33.8. The van der Waals surface area contributed by atoms with E-state index in [1.165, 1.54) is 11.0 Å². The zero-order chi connectivity index (χ0) is 18.8. The summed E-state index contributed by atoms with van der Waals surface area (Å²) in [6.07, 6.45) is 3.67. The molecule has 2 aliphatic rings. The lowest BCUT2D eigenvalue weighted by molar-refractivity contribution is -0.139. The zero-order valence-corrected chi connectivity index (χ0v) is 14.9. The van der Waals surface area contributed by atoms with Crippen LogP contribution in [0.3, 0.4) is 0 Å². The number of rotatable bonds is 4. The predicted molar refractivity (Wildman–Crippen MR) is 91.1 cm³/mol. The Morgan fingerprint density at radius 2 is 1.88 bits per heavy atom. The summed E-state index contributed by atoms with van der Waals surface area (Å²) in [5, 5.41) is 2.61. The maximum absolute atomic E-state index is 14.3. The summed E-state index contributed by atoms with van der Waals surface area (Å²) in [5.41, 5.74) is 0.114. The van der Waals surface area contributed by atoms with Crippen molar-refractivity contribution in [2.24, 2.45) is 0 Å². The van der Waals surface area contributed by atoms with E-state index in [1.807, 2.05) is 0 Å². The molecular formula is C19H22F2N2O3. The van der Waals surface area contributed by atoms with Crippen molar-refractivity contribution in [1.29, 1.82) is 0 Å². The molecule has 0 radical (unpaired) electrons. The molecule has 1 aromatic carbocycles. The lowest BCUT2D eigenvalue weighted by Crippen LogP contribution is -2.51. The third-order valence-electron chi connectivity index (χ3n) is 5.00. The Morgan fingerprint density at radius 1 is 1.27 bits per heavy atom. The predicted octanol–water partition coefficient (Wildman–Crippen LogP) is 3.81. The topological polar surface area (TPSA) is 58.6 Å². The van der Waals surface area contributed by atoms with Gasteiger partial charge in [0.15, 0.2) is 0 Å². The molecule has 0 aromatic heterocycles. The third kappa shape index (κ3) is 3.18. The molecule has 1 fully saturated rings. The van der Waals surface area contributed by atoms with Crippen LogP contribution in [0.15, 0.2) is 29.5 Å². The van der Waals surface area contributed by atoms with Gasteiger partial charge in [0.25, 0.3) is 0 Å². The molecular weight excluding hydrogens is 342 g/mol. The fourth-order valence-electron chi connectivity index (χ4n) is 3.84. The van der Waals surface area contributed by atoms with Gasteiger partial charge in [0.05, 0.1) is 23.8 Å². The van der Waals surface area contributed by atoms with Crippen molar-refractivity contribution >= 4 is 12.0 Å². The molecule has 1 atom stereocenters. The van der Waals surface area contributed by atoms with E-state index < -0.39 is 29.7 Å². The Hall–Kier alpha value is -2.44. The molecule has 1 aliphatic heterocycles. The molecule has 0 saturated heterocycles. The monoisotopic (exact) mass is 364 g/mol. The van der Waals surface area contributed by atoms with Crippen molar-refractivity contribution in [1.82, 2.24) is 10.2 Å². The van der Waals surface area contributed by atoms with Crippen LogP contribution in [-0.2, 0) is 9.53 Å². The van der Waals surface area contributed by atoms with Crippen LogP contribution in [0.5, 0.6) is 0 Å². The number of allylic oxidation sites excluding steroid dienone is 1. The van der Waals surface area contributed by atoms with Crippen LogP contribution in [0.2, 0.25) is 0 Å². The summed E-state index contributed by atoms with van der Waals surface area (Å²) in [7, 11) is 0. The average molecular weight is 364 g/mol. The van der Waals surface area contributed by atoms with Crippen molar-refractivity contribution < 1.29 is 23.1 Å². The van der Waals surface area contributed by atoms with Crippen LogP contribution in [0.25, 0.3) is 0 Å². The molecule has 5 nitrogen and oxygen atoms in total. The van der Waals surface area contributed by atoms with Crippen LogP contribution in [0.4, 0.5) is 13.6 Å². The first-order chi connectivity index (χ1) is 12.5. The zero-order valence-electron chi connectivity index (χ0n) is 14.9. The first-order valence-corrected chi connectivity index (χ1v) is 8.87. The molecule has 1 aliphatic carbocycles. The second-order valence-corrected chi connectivity index (χ2v) is 6.55. The number of benzene rings is 1. The number of carbonyl (C=O) groups is 2. The summed E-state index contributed by atoms with van der Waals surface area (Å²) >= 11 is 0. The minimum absolute atomic E-state index is 0.0224. The summed E-state index contributed by atoms with van der Waals surface area (Å²) in [6, 6.07) is 1.75. The van der Waals surface area contributed by atoms with Gasteiger partial charge in [-0.1, -0.05) is 18.9 Å². The highest BCUT2D eigenvalue weighted by Crippen LogP contribution is 2.37. The first kappa shape index (κ1) is 18.4. The Bertz CT molecular complexity index is 737. The van der Waals surface area contributed by atoms with Crippen LogP contribution < -0.4 is 5.32 Å². The van der Waals surface area contributed by atoms with Gasteiger partial charge in [-0.15, -0.1) is 0 Å². The SMILES string of the molecule is CCOC(=O)C1=C(C)N(C2CCCC2)C(=O)NC1c1c(F)cccc1F. The van der Waals surface area contributed by atoms with Gasteiger partial charge < -0.3 is 10.1 Å². The molecule has 1 saturated carbocycles. The lowest BCUT2D eigenvalue weighted by atomic mass is 9.93. The number of halogens is 2. The van der Waals surface area contributed by atoms with E-state index in [0.717, 1.165) is 37.8 Å². The second-order valence-electron chi connectivity index (χ2n) is 6.55. The van der Waals surface area contributed by atoms with E-state index in [2.05, 4.69) is 5.32 Å². The van der Waals surface area contributed by atoms with E-state index in [-0.39, 0.29) is 23.8 Å². The minimum Gasteiger partial charge on any atom is -0.463 e. The quantitative estimate of drug-likeness (QED) is 0.827. The molecule has 140 valence electrons. The van der Waals surface area contributed by atoms with E-state index in [1.54, 1.807) is 13.8 Å². The molecule has 7 heteroatoms. The Morgan fingerprint density at radius 3 is 2.46 bits per heavy atom. The van der Waals surface area contributed by atoms with Gasteiger partial charge in [-0.05, 0) is 38.8 Å². The van der Waals surface area contributed by atoms with Crippen molar-refractivity contribution in [3.05, 3.63) is 46.7 Å². The summed E-state index contributed by atoms with van der Waals surface area (Å²) in [4.78, 5) is 26.8. The summed E-state index contributed by atoms with van der Waals surface area (Å²) in [5.74, 6) is -2.32. The van der Waals surface area contributed by atoms with E-state index in [9.17, 15) is 18.4 Å². The molecule has 26 heavy (non-hydrogen) atoms. The van der Waals surface area contributed by atoms with Crippen LogP contribution in [0.1, 0.15) is 51.1 Å². The second kappa shape index (κ2) is 7.43. The number of nitrogens with one attached hydrogen (secondary N) is 1. The van der Waals surface area contributed by atoms with Gasteiger partial charge in [0.1, 0.15) is 11.6 Å². The highest BCUT2D eigenvalue weighted by atomic mass is 19.1. The number of urea groups is 1. The van der Waals surface area contributed by atoms with Gasteiger partial charge >= 0.3 is 12.0 Å². The fourth-order valence-corrected chi connectivity index (χ4v) is 3.84. The molecule has 1 aromatic rings. The Labute approximate surface area is 151 Å². The van der Waals surface area contributed by atoms with E-state index in [4.69, 9.17) is 4.74 Å². The highest BCUT2D eigenvalue weighted by Gasteiger charge is 2.41. The highest BCUT2D eigenvalue weighted by molar-refractivity contribution is 5.95. The number of hydrogen-bond donors (Lipinski definition) is 1. The fraction of sp³-hybridized carbons (Fsp3) is 0.474. The van der Waals surface area contributed by atoms with Crippen molar-refractivity contribution in [2.75, 3.05) is 6.61 Å². The van der Waals surface area contributed by atoms with E-state index in [0.29, 0.717) is 5.70 Å². The molecule has 3 rings (SSSR count). The molecule has 1 unspecified atom stereocenters. The maximum Gasteiger partial charge on any atom is 0.338 e. The smallest absolute Gasteiger partial charge is 0.338 e. The molecule has 2 amide bonds. The number of ether oxygens (including phenoxy) is 1. The van der Waals surface area contributed by atoms with Crippen LogP contribution >= 0.6 is 0 Å². The van der Waals surface area contributed by atoms with Crippen molar-refractivity contribution in [2.45, 2.75) is 51.6 Å². The Kier molecular flexibility index (Phi) is 5.25. The van der Waals surface area contributed by atoms with Gasteiger partial charge in [0, 0.05) is 11.7 Å². The number of amides is 2. The Balaban J connectivity index is 2.12. The average Bonchev–Trinajstić information content (AvgIpc) is 3.08. The van der Waals surface area contributed by atoms with Gasteiger partial charge in [0.2, 0.25) is 0 Å². The molecule has 1 heterocycles.